The van der Waals surface area contributed by atoms with E-state index in [1.807, 2.05) is 0 Å². The third kappa shape index (κ3) is 4.60. The molecule has 11 heavy (non-hydrogen) atoms. The minimum Gasteiger partial charge on any atom is -0.0885 e. The Balaban J connectivity index is 2.34. The Hall–Kier alpha value is -0.780. The molecule has 0 nitrogen and oxygen atoms in total. The van der Waals surface area contributed by atoms with Crippen molar-refractivity contribution in [1.82, 2.24) is 0 Å². The molecule has 0 heteroatoms. The minimum absolute atomic E-state index is 1.18. The second kappa shape index (κ2) is 5.96. The van der Waals surface area contributed by atoms with Crippen LogP contribution in [0.4, 0.5) is 0 Å². The maximum atomic E-state index is 2.30. The smallest absolute Gasteiger partial charge is 0.0313 e. The van der Waals surface area contributed by atoms with E-state index in [9.17, 15) is 0 Å². The van der Waals surface area contributed by atoms with Gasteiger partial charge in [-0.3, -0.25) is 0 Å². The van der Waals surface area contributed by atoms with Gasteiger partial charge >= 0.3 is 0 Å². The Morgan fingerprint density at radius 2 is 1.09 bits per heavy atom. The molecule has 0 aromatic heterocycles. The molecule has 1 rings (SSSR count). The van der Waals surface area contributed by atoms with Gasteiger partial charge in [0.1, 0.15) is 0 Å². The van der Waals surface area contributed by atoms with E-state index < -0.39 is 0 Å². The maximum absolute atomic E-state index is 2.30. The van der Waals surface area contributed by atoms with Crippen LogP contribution in [0.3, 0.4) is 0 Å². The average Bonchev–Trinajstić information content (AvgIpc) is 2.08. The van der Waals surface area contributed by atoms with Crippen molar-refractivity contribution in [2.75, 3.05) is 0 Å². The number of hydrogen-bond donors (Lipinski definition) is 0. The monoisotopic (exact) mass is 148 g/mol. The van der Waals surface area contributed by atoms with Crippen molar-refractivity contribution in [1.29, 1.82) is 0 Å². The maximum Gasteiger partial charge on any atom is -0.0313 e. The first kappa shape index (κ1) is 8.32. The first-order valence-corrected chi connectivity index (χ1v) is 4.47. The highest BCUT2D eigenvalue weighted by Gasteiger charge is 1.82. The summed E-state index contributed by atoms with van der Waals surface area (Å²) in [5.74, 6) is 0. The van der Waals surface area contributed by atoms with Gasteiger partial charge in [0.25, 0.3) is 0 Å². The largest absolute Gasteiger partial charge is 0.0885 e. The summed E-state index contributed by atoms with van der Waals surface area (Å²) in [6.07, 6.45) is 19.5. The molecule has 0 unspecified atom stereocenters. The van der Waals surface area contributed by atoms with E-state index in [1.165, 1.54) is 32.1 Å². The molecule has 0 radical (unpaired) electrons. The fourth-order valence-electron chi connectivity index (χ4n) is 1.13. The van der Waals surface area contributed by atoms with Crippen LogP contribution in [0.5, 0.6) is 0 Å². The number of allylic oxidation sites excluding steroid dienone is 6. The first-order chi connectivity index (χ1) is 5.50. The van der Waals surface area contributed by atoms with E-state index in [1.54, 1.807) is 0 Å². The standard InChI is InChI=1S/C11H16/c1-2-4-6-8-10-11-9-7-5-3-1/h1-4,9,11H,5-8,10H2. The van der Waals surface area contributed by atoms with Gasteiger partial charge in [-0.05, 0) is 32.1 Å². The number of rotatable bonds is 0. The predicted octanol–water partition coefficient (Wildman–Crippen LogP) is 3.62. The fourth-order valence-corrected chi connectivity index (χ4v) is 1.13. The zero-order chi connectivity index (χ0) is 7.78. The lowest BCUT2D eigenvalue weighted by atomic mass is 10.2. The van der Waals surface area contributed by atoms with Crippen molar-refractivity contribution in [2.24, 2.45) is 0 Å². The van der Waals surface area contributed by atoms with E-state index in [4.69, 9.17) is 0 Å². The van der Waals surface area contributed by atoms with Gasteiger partial charge in [0.15, 0.2) is 0 Å². The van der Waals surface area contributed by atoms with Crippen molar-refractivity contribution in [3.63, 3.8) is 0 Å². The Morgan fingerprint density at radius 3 is 2.00 bits per heavy atom. The summed E-state index contributed by atoms with van der Waals surface area (Å²) in [5.41, 5.74) is 0. The van der Waals surface area contributed by atoms with Crippen LogP contribution in [0.15, 0.2) is 36.5 Å². The Morgan fingerprint density at radius 1 is 0.545 bits per heavy atom. The predicted molar refractivity (Wildman–Crippen MR) is 50.5 cm³/mol. The second-order valence-electron chi connectivity index (χ2n) is 2.84. The van der Waals surface area contributed by atoms with Gasteiger partial charge in [0, 0.05) is 0 Å². The van der Waals surface area contributed by atoms with Gasteiger partial charge in [0.05, 0.1) is 0 Å². The molecule has 0 heterocycles. The summed E-state index contributed by atoms with van der Waals surface area (Å²) < 4.78 is 0. The zero-order valence-corrected chi connectivity index (χ0v) is 7.00. The second-order valence-corrected chi connectivity index (χ2v) is 2.84. The van der Waals surface area contributed by atoms with Gasteiger partial charge in [-0.15, -0.1) is 0 Å². The molecule has 0 spiro atoms. The topological polar surface area (TPSA) is 0 Å². The van der Waals surface area contributed by atoms with Gasteiger partial charge in [-0.2, -0.15) is 0 Å². The highest BCUT2D eigenvalue weighted by atomic mass is 13.9. The summed E-state index contributed by atoms with van der Waals surface area (Å²) in [4.78, 5) is 0. The lowest BCUT2D eigenvalue weighted by molar-refractivity contribution is 0.864. The van der Waals surface area contributed by atoms with Gasteiger partial charge in [-0.1, -0.05) is 36.5 Å². The quantitative estimate of drug-likeness (QED) is 0.460. The molecule has 0 aliphatic heterocycles. The van der Waals surface area contributed by atoms with Gasteiger partial charge < -0.3 is 0 Å². The van der Waals surface area contributed by atoms with Gasteiger partial charge in [-0.25, -0.2) is 0 Å². The summed E-state index contributed by atoms with van der Waals surface area (Å²) in [7, 11) is 0. The fraction of sp³-hybridized carbons (Fsp3) is 0.455. The van der Waals surface area contributed by atoms with E-state index in [2.05, 4.69) is 36.5 Å². The van der Waals surface area contributed by atoms with Gasteiger partial charge in [0.2, 0.25) is 0 Å². The van der Waals surface area contributed by atoms with E-state index >= 15 is 0 Å². The summed E-state index contributed by atoms with van der Waals surface area (Å²) in [5, 5.41) is 0. The molecule has 0 atom stereocenters. The lowest BCUT2D eigenvalue weighted by Crippen LogP contribution is -1.68. The molecule has 0 saturated heterocycles. The van der Waals surface area contributed by atoms with Crippen LogP contribution in [0.2, 0.25) is 0 Å². The molecule has 0 N–H and O–H groups in total. The van der Waals surface area contributed by atoms with Crippen LogP contribution < -0.4 is 0 Å². The molecule has 0 bridgehead atoms. The molecule has 60 valence electrons. The molecular weight excluding hydrogens is 132 g/mol. The molecule has 0 aromatic rings. The van der Waals surface area contributed by atoms with E-state index in [0.29, 0.717) is 0 Å². The summed E-state index contributed by atoms with van der Waals surface area (Å²) in [6, 6.07) is 0. The highest BCUT2D eigenvalue weighted by Crippen LogP contribution is 2.02. The van der Waals surface area contributed by atoms with E-state index in [-0.39, 0.29) is 0 Å². The van der Waals surface area contributed by atoms with Crippen LogP contribution in [0.25, 0.3) is 0 Å². The molecule has 0 saturated carbocycles. The van der Waals surface area contributed by atoms with Crippen LogP contribution in [0.1, 0.15) is 32.1 Å². The third-order valence-electron chi connectivity index (χ3n) is 1.79. The first-order valence-electron chi connectivity index (χ1n) is 4.47. The SMILES string of the molecule is C1=CCCC=CCCCC=C1. The van der Waals surface area contributed by atoms with Crippen molar-refractivity contribution < 1.29 is 0 Å². The van der Waals surface area contributed by atoms with Crippen molar-refractivity contribution >= 4 is 0 Å². The lowest BCUT2D eigenvalue weighted by Gasteiger charge is -1.88. The van der Waals surface area contributed by atoms with Crippen LogP contribution in [-0.2, 0) is 0 Å². The van der Waals surface area contributed by atoms with E-state index in [0.717, 1.165) is 0 Å². The molecule has 0 fully saturated rings. The Kier molecular flexibility index (Phi) is 4.51. The Labute approximate surface area is 69.3 Å². The highest BCUT2D eigenvalue weighted by molar-refractivity contribution is 5.03. The van der Waals surface area contributed by atoms with Crippen molar-refractivity contribution in [2.45, 2.75) is 32.1 Å². The summed E-state index contributed by atoms with van der Waals surface area (Å²) >= 11 is 0. The van der Waals surface area contributed by atoms with Crippen LogP contribution in [-0.4, -0.2) is 0 Å². The average molecular weight is 148 g/mol. The normalized spacial score (nSPS) is 19.6. The Bertz CT molecular complexity index is 161. The molecule has 0 amide bonds. The minimum atomic E-state index is 1.18. The molecule has 1 aliphatic rings. The third-order valence-corrected chi connectivity index (χ3v) is 1.79. The number of hydrogen-bond acceptors (Lipinski definition) is 0. The molecular formula is C11H16. The van der Waals surface area contributed by atoms with Crippen molar-refractivity contribution in [3.8, 4) is 0 Å². The van der Waals surface area contributed by atoms with Crippen LogP contribution in [0, 0.1) is 0 Å². The zero-order valence-electron chi connectivity index (χ0n) is 7.00. The summed E-state index contributed by atoms with van der Waals surface area (Å²) in [6.45, 7) is 0. The molecule has 1 aliphatic carbocycles. The van der Waals surface area contributed by atoms with Crippen LogP contribution >= 0.6 is 0 Å². The van der Waals surface area contributed by atoms with Crippen molar-refractivity contribution in [3.05, 3.63) is 36.5 Å². The molecule has 0 aromatic carbocycles.